The van der Waals surface area contributed by atoms with Gasteiger partial charge in [0, 0.05) is 20.8 Å². The normalized spacial score (nSPS) is 31.5. The number of carbonyl (C=O) groups is 5. The zero-order chi connectivity index (χ0) is 30.0. The van der Waals surface area contributed by atoms with E-state index in [0.717, 1.165) is 24.2 Å². The van der Waals surface area contributed by atoms with Crippen LogP contribution in [0.5, 0.6) is 0 Å². The summed E-state index contributed by atoms with van der Waals surface area (Å²) in [5.74, 6) is -2.44. The molecule has 2 fully saturated rings. The highest BCUT2D eigenvalue weighted by Gasteiger charge is 2.58. The van der Waals surface area contributed by atoms with Crippen LogP contribution in [-0.2, 0) is 38.1 Å². The number of amides is 2. The Kier molecular flexibility index (Phi) is 9.48. The molecule has 0 radical (unpaired) electrons. The number of esters is 3. The van der Waals surface area contributed by atoms with Crippen LogP contribution in [0, 0.1) is 17.8 Å². The largest absolute Gasteiger partial charge is 0.463 e. The van der Waals surface area contributed by atoms with Gasteiger partial charge in [0.15, 0.2) is 18.5 Å². The van der Waals surface area contributed by atoms with Crippen LogP contribution in [0.25, 0.3) is 0 Å². The van der Waals surface area contributed by atoms with Gasteiger partial charge in [0.2, 0.25) is 0 Å². The number of hydrogen-bond donors (Lipinski definition) is 0. The smallest absolute Gasteiger partial charge is 0.303 e. The fourth-order valence-corrected chi connectivity index (χ4v) is 6.19. The Balaban J connectivity index is 1.81. The molecule has 0 spiro atoms. The molecule has 4 rings (SSSR count). The molecular formula is C30H39NO10. The first kappa shape index (κ1) is 30.6. The zero-order valence-corrected chi connectivity index (χ0v) is 24.4. The highest BCUT2D eigenvalue weighted by molar-refractivity contribution is 6.21. The highest BCUT2D eigenvalue weighted by atomic mass is 16.7. The third-order valence-corrected chi connectivity index (χ3v) is 8.06. The lowest BCUT2D eigenvalue weighted by atomic mass is 9.75. The van der Waals surface area contributed by atoms with Crippen LogP contribution >= 0.6 is 0 Å². The molecule has 0 unspecified atom stereocenters. The van der Waals surface area contributed by atoms with Gasteiger partial charge in [-0.1, -0.05) is 39.3 Å². The van der Waals surface area contributed by atoms with E-state index < -0.39 is 60.4 Å². The summed E-state index contributed by atoms with van der Waals surface area (Å²) in [5.41, 5.74) is 0.380. The number of carbonyl (C=O) groups excluding carboxylic acids is 5. The molecule has 1 saturated carbocycles. The van der Waals surface area contributed by atoms with E-state index in [1.54, 1.807) is 24.3 Å². The molecule has 1 aromatic carbocycles. The van der Waals surface area contributed by atoms with Gasteiger partial charge in [-0.2, -0.15) is 0 Å². The van der Waals surface area contributed by atoms with Gasteiger partial charge in [-0.15, -0.1) is 0 Å². The van der Waals surface area contributed by atoms with Crippen LogP contribution in [-0.4, -0.2) is 78.0 Å². The number of ether oxygens (including phenoxy) is 5. The molecule has 3 aliphatic rings. The van der Waals surface area contributed by atoms with Crippen LogP contribution in [0.2, 0.25) is 0 Å². The summed E-state index contributed by atoms with van der Waals surface area (Å²) in [6.45, 7) is 9.59. The Morgan fingerprint density at radius 3 is 2.05 bits per heavy atom. The Morgan fingerprint density at radius 1 is 0.927 bits per heavy atom. The molecule has 41 heavy (non-hydrogen) atoms. The third-order valence-electron chi connectivity index (χ3n) is 8.06. The van der Waals surface area contributed by atoms with E-state index in [1.165, 1.54) is 20.8 Å². The first-order valence-electron chi connectivity index (χ1n) is 14.1. The predicted molar refractivity (Wildman–Crippen MR) is 143 cm³/mol. The van der Waals surface area contributed by atoms with E-state index in [1.807, 2.05) is 0 Å². The van der Waals surface area contributed by atoms with Crippen molar-refractivity contribution in [3.8, 4) is 0 Å². The molecule has 0 N–H and O–H groups in total. The minimum atomic E-state index is -1.36. The van der Waals surface area contributed by atoms with Crippen LogP contribution in [0.3, 0.4) is 0 Å². The average Bonchev–Trinajstić information content (AvgIpc) is 3.13. The number of hydrogen-bond acceptors (Lipinski definition) is 10. The average molecular weight is 574 g/mol. The van der Waals surface area contributed by atoms with Crippen molar-refractivity contribution >= 4 is 29.7 Å². The number of nitrogens with zero attached hydrogens (tertiary/aromatic N) is 1. The van der Waals surface area contributed by atoms with Gasteiger partial charge < -0.3 is 23.7 Å². The first-order chi connectivity index (χ1) is 19.4. The van der Waals surface area contributed by atoms with Crippen molar-refractivity contribution in [3.63, 3.8) is 0 Å². The van der Waals surface area contributed by atoms with E-state index in [-0.39, 0.29) is 35.7 Å². The summed E-state index contributed by atoms with van der Waals surface area (Å²) < 4.78 is 29.5. The second-order valence-electron chi connectivity index (χ2n) is 11.5. The molecule has 1 aliphatic carbocycles. The Bertz CT molecular complexity index is 1150. The third kappa shape index (κ3) is 6.62. The quantitative estimate of drug-likeness (QED) is 0.259. The molecule has 11 heteroatoms. The van der Waals surface area contributed by atoms with Crippen LogP contribution in [0.15, 0.2) is 24.3 Å². The molecule has 11 nitrogen and oxygen atoms in total. The minimum Gasteiger partial charge on any atom is -0.463 e. The Labute approximate surface area is 239 Å². The standard InChI is InChI=1S/C30H39NO10/c1-15(2)20-12-11-16(3)13-23(20)40-30-25(31-28(35)21-9-7-8-10-22(21)29(31)36)27(39-19(6)34)26(38-18(5)33)24(41-30)14-37-17(4)32/h7-10,15-16,20,23-27,30H,11-14H2,1-6H3/t16-,20+,23-,24-,25-,26-,27-,30-/m1/s1. The fourth-order valence-electron chi connectivity index (χ4n) is 6.19. The summed E-state index contributed by atoms with van der Waals surface area (Å²) in [5, 5.41) is 0. The van der Waals surface area contributed by atoms with Crippen LogP contribution < -0.4 is 0 Å². The van der Waals surface area contributed by atoms with Gasteiger partial charge >= 0.3 is 17.9 Å². The van der Waals surface area contributed by atoms with E-state index in [9.17, 15) is 24.0 Å². The fraction of sp³-hybridized carbons (Fsp3) is 0.633. The maximum atomic E-state index is 13.7. The van der Waals surface area contributed by atoms with Gasteiger partial charge in [-0.3, -0.25) is 28.9 Å². The molecule has 224 valence electrons. The number of imide groups is 1. The molecule has 2 heterocycles. The van der Waals surface area contributed by atoms with Gasteiger partial charge in [-0.25, -0.2) is 0 Å². The highest BCUT2D eigenvalue weighted by Crippen LogP contribution is 2.40. The Morgan fingerprint density at radius 2 is 1.51 bits per heavy atom. The summed E-state index contributed by atoms with van der Waals surface area (Å²) >= 11 is 0. The summed E-state index contributed by atoms with van der Waals surface area (Å²) in [4.78, 5) is 64.7. The SMILES string of the molecule is CC(=O)OC[C@H]1O[C@@H](O[C@@H]2C[C@H](C)CC[C@H]2C(C)C)[C@H](N2C(=O)c3ccccc3C2=O)[C@@H](OC(C)=O)[C@@H]1OC(C)=O. The summed E-state index contributed by atoms with van der Waals surface area (Å²) in [6.07, 6.45) is -2.67. The first-order valence-corrected chi connectivity index (χ1v) is 14.1. The van der Waals surface area contributed by atoms with Crippen molar-refractivity contribution < 1.29 is 47.7 Å². The van der Waals surface area contributed by atoms with E-state index in [0.29, 0.717) is 5.92 Å². The van der Waals surface area contributed by atoms with Crippen molar-refractivity contribution in [2.45, 2.75) is 97.6 Å². The van der Waals surface area contributed by atoms with E-state index >= 15 is 0 Å². The van der Waals surface area contributed by atoms with Crippen molar-refractivity contribution in [1.82, 2.24) is 4.90 Å². The molecule has 8 atom stereocenters. The summed E-state index contributed by atoms with van der Waals surface area (Å²) in [6, 6.07) is 5.08. The monoisotopic (exact) mass is 573 g/mol. The van der Waals surface area contributed by atoms with Gasteiger partial charge in [0.05, 0.1) is 17.2 Å². The van der Waals surface area contributed by atoms with E-state index in [4.69, 9.17) is 23.7 Å². The topological polar surface area (TPSA) is 135 Å². The van der Waals surface area contributed by atoms with Crippen molar-refractivity contribution in [1.29, 1.82) is 0 Å². The van der Waals surface area contributed by atoms with Gasteiger partial charge in [-0.05, 0) is 42.7 Å². The molecule has 0 aromatic heterocycles. The lowest BCUT2D eigenvalue weighted by Gasteiger charge is -2.49. The number of fused-ring (bicyclic) bond motifs is 1. The predicted octanol–water partition coefficient (Wildman–Crippen LogP) is 3.28. The molecular weight excluding hydrogens is 534 g/mol. The molecule has 1 aromatic rings. The molecule has 1 saturated heterocycles. The maximum Gasteiger partial charge on any atom is 0.303 e. The van der Waals surface area contributed by atoms with Crippen molar-refractivity contribution in [2.24, 2.45) is 17.8 Å². The summed E-state index contributed by atoms with van der Waals surface area (Å²) in [7, 11) is 0. The van der Waals surface area contributed by atoms with Gasteiger partial charge in [0.1, 0.15) is 18.8 Å². The second-order valence-corrected chi connectivity index (χ2v) is 11.5. The van der Waals surface area contributed by atoms with Crippen LogP contribution in [0.1, 0.15) is 81.5 Å². The second kappa shape index (κ2) is 12.7. The van der Waals surface area contributed by atoms with Gasteiger partial charge in [0.25, 0.3) is 11.8 Å². The number of benzene rings is 1. The van der Waals surface area contributed by atoms with Crippen LogP contribution in [0.4, 0.5) is 0 Å². The lowest BCUT2D eigenvalue weighted by molar-refractivity contribution is -0.303. The minimum absolute atomic E-state index is 0.169. The number of rotatable bonds is 8. The van der Waals surface area contributed by atoms with E-state index in [2.05, 4.69) is 20.8 Å². The zero-order valence-electron chi connectivity index (χ0n) is 24.4. The van der Waals surface area contributed by atoms with Crippen molar-refractivity contribution in [2.75, 3.05) is 6.61 Å². The Hall–Kier alpha value is -3.31. The lowest BCUT2D eigenvalue weighted by Crippen LogP contribution is -2.68. The van der Waals surface area contributed by atoms with Crippen molar-refractivity contribution in [3.05, 3.63) is 35.4 Å². The molecule has 0 bridgehead atoms. The molecule has 2 aliphatic heterocycles. The maximum absolute atomic E-state index is 13.7. The molecule has 2 amide bonds.